The Hall–Kier alpha value is -2.33. The highest BCUT2D eigenvalue weighted by Crippen LogP contribution is 2.27. The van der Waals surface area contributed by atoms with Crippen molar-refractivity contribution >= 4 is 38.3 Å². The Morgan fingerprint density at radius 2 is 1.64 bits per heavy atom. The molecule has 3 rings (SSSR count). The van der Waals surface area contributed by atoms with Gasteiger partial charge in [-0.2, -0.15) is 0 Å². The molecule has 0 heterocycles. The minimum atomic E-state index is -0.190. The summed E-state index contributed by atoms with van der Waals surface area (Å²) in [6.45, 7) is 0. The van der Waals surface area contributed by atoms with E-state index in [2.05, 4.69) is 21.2 Å². The van der Waals surface area contributed by atoms with Gasteiger partial charge in [0.2, 0.25) is 0 Å². The van der Waals surface area contributed by atoms with Gasteiger partial charge < -0.3 is 10.1 Å². The van der Waals surface area contributed by atoms with E-state index in [0.717, 1.165) is 20.9 Å². The number of benzene rings is 3. The van der Waals surface area contributed by atoms with Gasteiger partial charge in [-0.3, -0.25) is 4.79 Å². The zero-order valence-corrected chi connectivity index (χ0v) is 13.6. The molecule has 1 amide bonds. The Kier molecular flexibility index (Phi) is 4.11. The van der Waals surface area contributed by atoms with E-state index < -0.39 is 0 Å². The molecule has 3 nitrogen and oxygen atoms in total. The SMILES string of the molecule is COc1cc2ccccc2cc1C(=O)Nc1ccc(Br)cc1. The van der Waals surface area contributed by atoms with Crippen molar-refractivity contribution in [3.05, 3.63) is 70.7 Å². The number of carbonyl (C=O) groups is 1. The van der Waals surface area contributed by atoms with Crippen LogP contribution in [-0.2, 0) is 0 Å². The lowest BCUT2D eigenvalue weighted by molar-refractivity contribution is 0.102. The molecule has 0 atom stereocenters. The molecule has 0 spiro atoms. The quantitative estimate of drug-likeness (QED) is 0.728. The Bertz CT molecular complexity index is 828. The Morgan fingerprint density at radius 3 is 2.27 bits per heavy atom. The summed E-state index contributed by atoms with van der Waals surface area (Å²) < 4.78 is 6.33. The molecule has 0 aliphatic carbocycles. The minimum absolute atomic E-state index is 0.190. The van der Waals surface area contributed by atoms with Gasteiger partial charge in [-0.25, -0.2) is 0 Å². The van der Waals surface area contributed by atoms with E-state index in [-0.39, 0.29) is 5.91 Å². The summed E-state index contributed by atoms with van der Waals surface area (Å²) in [4.78, 5) is 12.5. The molecule has 1 N–H and O–H groups in total. The Morgan fingerprint density at radius 1 is 1.00 bits per heavy atom. The molecule has 0 aliphatic heterocycles. The van der Waals surface area contributed by atoms with Crippen LogP contribution in [-0.4, -0.2) is 13.0 Å². The van der Waals surface area contributed by atoms with E-state index in [1.807, 2.05) is 60.7 Å². The molecule has 0 bridgehead atoms. The summed E-state index contributed by atoms with van der Waals surface area (Å²) in [5.74, 6) is 0.373. The van der Waals surface area contributed by atoms with Crippen LogP contribution in [0.25, 0.3) is 10.8 Å². The third kappa shape index (κ3) is 2.97. The van der Waals surface area contributed by atoms with E-state index in [4.69, 9.17) is 4.74 Å². The number of amides is 1. The lowest BCUT2D eigenvalue weighted by Gasteiger charge is -2.11. The van der Waals surface area contributed by atoms with Crippen LogP contribution in [0.2, 0.25) is 0 Å². The molecule has 0 radical (unpaired) electrons. The van der Waals surface area contributed by atoms with Crippen molar-refractivity contribution in [1.29, 1.82) is 0 Å². The molecule has 110 valence electrons. The van der Waals surface area contributed by atoms with Crippen LogP contribution in [0, 0.1) is 0 Å². The monoisotopic (exact) mass is 355 g/mol. The van der Waals surface area contributed by atoms with Gasteiger partial charge in [0.15, 0.2) is 0 Å². The number of nitrogens with one attached hydrogen (secondary N) is 1. The van der Waals surface area contributed by atoms with Crippen LogP contribution < -0.4 is 10.1 Å². The summed E-state index contributed by atoms with van der Waals surface area (Å²) in [7, 11) is 1.57. The van der Waals surface area contributed by atoms with Gasteiger partial charge >= 0.3 is 0 Å². The van der Waals surface area contributed by atoms with Gasteiger partial charge in [-0.1, -0.05) is 40.2 Å². The number of halogens is 1. The fraction of sp³-hybridized carbons (Fsp3) is 0.0556. The molecule has 3 aromatic rings. The minimum Gasteiger partial charge on any atom is -0.496 e. The molecule has 4 heteroatoms. The van der Waals surface area contributed by atoms with E-state index in [1.54, 1.807) is 7.11 Å². The van der Waals surface area contributed by atoms with E-state index in [1.165, 1.54) is 0 Å². The number of ether oxygens (including phenoxy) is 1. The number of hydrogen-bond donors (Lipinski definition) is 1. The van der Waals surface area contributed by atoms with Gasteiger partial charge in [-0.15, -0.1) is 0 Å². The Labute approximate surface area is 137 Å². The molecular weight excluding hydrogens is 342 g/mol. The lowest BCUT2D eigenvalue weighted by Crippen LogP contribution is -2.13. The second-order valence-corrected chi connectivity index (χ2v) is 5.78. The normalized spacial score (nSPS) is 10.5. The van der Waals surface area contributed by atoms with Gasteiger partial charge in [0.25, 0.3) is 5.91 Å². The average Bonchev–Trinajstić information content (AvgIpc) is 2.55. The van der Waals surface area contributed by atoms with Crippen LogP contribution in [0.3, 0.4) is 0 Å². The fourth-order valence-electron chi connectivity index (χ4n) is 2.30. The standard InChI is InChI=1S/C18H14BrNO2/c1-22-17-11-13-5-3-2-4-12(13)10-16(17)18(21)20-15-8-6-14(19)7-9-15/h2-11H,1H3,(H,20,21). The fourth-order valence-corrected chi connectivity index (χ4v) is 2.56. The average molecular weight is 356 g/mol. The predicted octanol–water partition coefficient (Wildman–Crippen LogP) is 4.86. The molecule has 0 aliphatic rings. The molecule has 22 heavy (non-hydrogen) atoms. The first-order valence-corrected chi connectivity index (χ1v) is 7.60. The van der Waals surface area contributed by atoms with Crippen molar-refractivity contribution in [2.75, 3.05) is 12.4 Å². The molecule has 0 fully saturated rings. The lowest BCUT2D eigenvalue weighted by atomic mass is 10.1. The number of rotatable bonds is 3. The van der Waals surface area contributed by atoms with Crippen molar-refractivity contribution in [2.24, 2.45) is 0 Å². The maximum absolute atomic E-state index is 12.5. The molecule has 0 unspecified atom stereocenters. The molecular formula is C18H14BrNO2. The smallest absolute Gasteiger partial charge is 0.259 e. The first kappa shape index (κ1) is 14.6. The molecule has 3 aromatic carbocycles. The van der Waals surface area contributed by atoms with Gasteiger partial charge in [0.05, 0.1) is 12.7 Å². The third-order valence-electron chi connectivity index (χ3n) is 3.41. The van der Waals surface area contributed by atoms with E-state index >= 15 is 0 Å². The summed E-state index contributed by atoms with van der Waals surface area (Å²) in [5, 5.41) is 4.93. The highest BCUT2D eigenvalue weighted by atomic mass is 79.9. The first-order chi connectivity index (χ1) is 10.7. The molecule has 0 saturated carbocycles. The van der Waals surface area contributed by atoms with Crippen LogP contribution in [0.1, 0.15) is 10.4 Å². The van der Waals surface area contributed by atoms with Crippen molar-refractivity contribution in [3.63, 3.8) is 0 Å². The molecule has 0 aromatic heterocycles. The Balaban J connectivity index is 1.97. The van der Waals surface area contributed by atoms with Crippen molar-refractivity contribution < 1.29 is 9.53 Å². The topological polar surface area (TPSA) is 38.3 Å². The number of fused-ring (bicyclic) bond motifs is 1. The number of methoxy groups -OCH3 is 1. The predicted molar refractivity (Wildman–Crippen MR) is 92.6 cm³/mol. The zero-order valence-electron chi connectivity index (χ0n) is 12.0. The van der Waals surface area contributed by atoms with Crippen molar-refractivity contribution in [2.45, 2.75) is 0 Å². The summed E-state index contributed by atoms with van der Waals surface area (Å²) in [5.41, 5.74) is 1.26. The highest BCUT2D eigenvalue weighted by molar-refractivity contribution is 9.10. The zero-order chi connectivity index (χ0) is 15.5. The second kappa shape index (κ2) is 6.20. The maximum Gasteiger partial charge on any atom is 0.259 e. The van der Waals surface area contributed by atoms with E-state index in [0.29, 0.717) is 11.3 Å². The van der Waals surface area contributed by atoms with Crippen LogP contribution in [0.4, 0.5) is 5.69 Å². The number of hydrogen-bond acceptors (Lipinski definition) is 2. The number of anilines is 1. The highest BCUT2D eigenvalue weighted by Gasteiger charge is 2.13. The second-order valence-electron chi connectivity index (χ2n) is 4.86. The largest absolute Gasteiger partial charge is 0.496 e. The van der Waals surface area contributed by atoms with Gasteiger partial charge in [0.1, 0.15) is 5.75 Å². The number of carbonyl (C=O) groups excluding carboxylic acids is 1. The summed E-state index contributed by atoms with van der Waals surface area (Å²) in [6, 6.07) is 19.1. The first-order valence-electron chi connectivity index (χ1n) is 6.81. The van der Waals surface area contributed by atoms with Crippen molar-refractivity contribution in [1.82, 2.24) is 0 Å². The summed E-state index contributed by atoms with van der Waals surface area (Å²) in [6.07, 6.45) is 0. The maximum atomic E-state index is 12.5. The van der Waals surface area contributed by atoms with Crippen LogP contribution in [0.5, 0.6) is 5.75 Å². The third-order valence-corrected chi connectivity index (χ3v) is 3.94. The van der Waals surface area contributed by atoms with Crippen LogP contribution >= 0.6 is 15.9 Å². The summed E-state index contributed by atoms with van der Waals surface area (Å²) >= 11 is 3.37. The van der Waals surface area contributed by atoms with E-state index in [9.17, 15) is 4.79 Å². The van der Waals surface area contributed by atoms with Crippen LogP contribution in [0.15, 0.2) is 65.1 Å². The van der Waals surface area contributed by atoms with Gasteiger partial charge in [-0.05, 0) is 47.2 Å². The molecule has 0 saturated heterocycles. The van der Waals surface area contributed by atoms with Gasteiger partial charge in [0, 0.05) is 10.2 Å². The van der Waals surface area contributed by atoms with Crippen molar-refractivity contribution in [3.8, 4) is 5.75 Å².